The third-order valence-electron chi connectivity index (χ3n) is 2.24. The lowest BCUT2D eigenvalue weighted by atomic mass is 9.90. The first-order valence-corrected chi connectivity index (χ1v) is 5.03. The fourth-order valence-electron chi connectivity index (χ4n) is 1.36. The van der Waals surface area contributed by atoms with Gasteiger partial charge in [0, 0.05) is 18.4 Å². The number of rotatable bonds is 3. The molecule has 0 spiro atoms. The van der Waals surface area contributed by atoms with Gasteiger partial charge in [0.25, 0.3) is 0 Å². The van der Waals surface area contributed by atoms with E-state index in [9.17, 15) is 0 Å². The molecule has 0 bridgehead atoms. The summed E-state index contributed by atoms with van der Waals surface area (Å²) >= 11 is 0. The Balaban J connectivity index is 2.54. The number of hydrogen-bond acceptors (Lipinski definition) is 1. The highest BCUT2D eigenvalue weighted by molar-refractivity contribution is 5.00. The number of nitrogens with zero attached hydrogens (tertiary/aromatic N) is 2. The first-order valence-electron chi connectivity index (χ1n) is 5.03. The molecule has 2 heteroatoms. The molecule has 1 rings (SSSR count). The second kappa shape index (κ2) is 3.95. The summed E-state index contributed by atoms with van der Waals surface area (Å²) in [5, 5.41) is 4.25. The maximum absolute atomic E-state index is 4.25. The predicted octanol–water partition coefficient (Wildman–Crippen LogP) is 2.88. The Morgan fingerprint density at radius 3 is 2.62 bits per heavy atom. The smallest absolute Gasteiger partial charge is 0.0492 e. The van der Waals surface area contributed by atoms with Crippen molar-refractivity contribution in [1.29, 1.82) is 0 Å². The monoisotopic (exact) mass is 180 g/mol. The topological polar surface area (TPSA) is 17.8 Å². The first-order chi connectivity index (χ1) is 6.03. The number of aryl methyl sites for hydroxylation is 2. The van der Waals surface area contributed by atoms with E-state index in [4.69, 9.17) is 0 Å². The Kier molecular flexibility index (Phi) is 3.12. The Hall–Kier alpha value is -0.790. The van der Waals surface area contributed by atoms with Crippen LogP contribution in [0.15, 0.2) is 12.3 Å². The van der Waals surface area contributed by atoms with Crippen LogP contribution in [0.1, 0.15) is 39.8 Å². The molecule has 0 saturated heterocycles. The van der Waals surface area contributed by atoms with Crippen LogP contribution in [0.25, 0.3) is 0 Å². The summed E-state index contributed by atoms with van der Waals surface area (Å²) in [7, 11) is 0. The SMILES string of the molecule is CCn1nccc1CCC(C)(C)C. The van der Waals surface area contributed by atoms with Crippen molar-refractivity contribution in [1.82, 2.24) is 9.78 Å². The van der Waals surface area contributed by atoms with Crippen molar-refractivity contribution >= 4 is 0 Å². The van der Waals surface area contributed by atoms with Gasteiger partial charge in [0.1, 0.15) is 0 Å². The van der Waals surface area contributed by atoms with Crippen molar-refractivity contribution in [3.63, 3.8) is 0 Å². The molecule has 0 saturated carbocycles. The Bertz CT molecular complexity index is 255. The zero-order chi connectivity index (χ0) is 9.90. The van der Waals surface area contributed by atoms with Crippen LogP contribution in [-0.2, 0) is 13.0 Å². The summed E-state index contributed by atoms with van der Waals surface area (Å²) in [4.78, 5) is 0. The van der Waals surface area contributed by atoms with Crippen LogP contribution < -0.4 is 0 Å². The van der Waals surface area contributed by atoms with Gasteiger partial charge in [-0.25, -0.2) is 0 Å². The van der Waals surface area contributed by atoms with E-state index in [2.05, 4.69) is 43.5 Å². The molecule has 0 atom stereocenters. The van der Waals surface area contributed by atoms with E-state index in [0.29, 0.717) is 5.41 Å². The summed E-state index contributed by atoms with van der Waals surface area (Å²) in [5.74, 6) is 0. The van der Waals surface area contributed by atoms with Crippen LogP contribution in [0, 0.1) is 5.41 Å². The first kappa shape index (κ1) is 10.3. The van der Waals surface area contributed by atoms with Crippen LogP contribution >= 0.6 is 0 Å². The predicted molar refractivity (Wildman–Crippen MR) is 55.7 cm³/mol. The highest BCUT2D eigenvalue weighted by Crippen LogP contribution is 2.21. The van der Waals surface area contributed by atoms with E-state index in [0.717, 1.165) is 13.0 Å². The molecule has 0 radical (unpaired) electrons. The Morgan fingerprint density at radius 1 is 1.38 bits per heavy atom. The van der Waals surface area contributed by atoms with Crippen LogP contribution in [0.2, 0.25) is 0 Å². The quantitative estimate of drug-likeness (QED) is 0.699. The third kappa shape index (κ3) is 3.21. The highest BCUT2D eigenvalue weighted by atomic mass is 15.3. The summed E-state index contributed by atoms with van der Waals surface area (Å²) < 4.78 is 2.08. The second-order valence-electron chi connectivity index (χ2n) is 4.70. The molecular weight excluding hydrogens is 160 g/mol. The standard InChI is InChI=1S/C11H20N2/c1-5-13-10(7-9-12-13)6-8-11(2,3)4/h7,9H,5-6,8H2,1-4H3. The zero-order valence-corrected chi connectivity index (χ0v) is 9.17. The lowest BCUT2D eigenvalue weighted by molar-refractivity contribution is 0.372. The van der Waals surface area contributed by atoms with E-state index < -0.39 is 0 Å². The van der Waals surface area contributed by atoms with Gasteiger partial charge in [0.15, 0.2) is 0 Å². The van der Waals surface area contributed by atoms with Gasteiger partial charge < -0.3 is 0 Å². The van der Waals surface area contributed by atoms with Crippen molar-refractivity contribution in [2.45, 2.75) is 47.1 Å². The van der Waals surface area contributed by atoms with E-state index in [-0.39, 0.29) is 0 Å². The molecule has 13 heavy (non-hydrogen) atoms. The van der Waals surface area contributed by atoms with Crippen molar-refractivity contribution < 1.29 is 0 Å². The lowest BCUT2D eigenvalue weighted by Crippen LogP contribution is -2.09. The average Bonchev–Trinajstić information content (AvgIpc) is 2.46. The molecular formula is C11H20N2. The average molecular weight is 180 g/mol. The summed E-state index contributed by atoms with van der Waals surface area (Å²) in [6.07, 6.45) is 4.25. The highest BCUT2D eigenvalue weighted by Gasteiger charge is 2.11. The molecule has 0 aliphatic rings. The van der Waals surface area contributed by atoms with Gasteiger partial charge in [-0.15, -0.1) is 0 Å². The summed E-state index contributed by atoms with van der Waals surface area (Å²) in [6, 6.07) is 2.12. The van der Waals surface area contributed by atoms with Crippen LogP contribution in [0.5, 0.6) is 0 Å². The van der Waals surface area contributed by atoms with Gasteiger partial charge in [0.2, 0.25) is 0 Å². The molecule has 1 aromatic rings. The maximum atomic E-state index is 4.25. The lowest BCUT2D eigenvalue weighted by Gasteiger charge is -2.17. The van der Waals surface area contributed by atoms with Crippen LogP contribution in [-0.4, -0.2) is 9.78 Å². The van der Waals surface area contributed by atoms with Crippen molar-refractivity contribution in [2.24, 2.45) is 5.41 Å². The minimum atomic E-state index is 0.419. The van der Waals surface area contributed by atoms with Gasteiger partial charge in [-0.1, -0.05) is 20.8 Å². The van der Waals surface area contributed by atoms with Crippen molar-refractivity contribution in [3.8, 4) is 0 Å². The van der Waals surface area contributed by atoms with Crippen molar-refractivity contribution in [2.75, 3.05) is 0 Å². The van der Waals surface area contributed by atoms with E-state index in [1.165, 1.54) is 12.1 Å². The molecule has 0 N–H and O–H groups in total. The van der Waals surface area contributed by atoms with E-state index in [1.54, 1.807) is 0 Å². The van der Waals surface area contributed by atoms with Gasteiger partial charge >= 0.3 is 0 Å². The van der Waals surface area contributed by atoms with Gasteiger partial charge in [-0.2, -0.15) is 5.10 Å². The minimum Gasteiger partial charge on any atom is -0.270 e. The molecule has 1 aromatic heterocycles. The minimum absolute atomic E-state index is 0.419. The second-order valence-corrected chi connectivity index (χ2v) is 4.70. The van der Waals surface area contributed by atoms with Crippen LogP contribution in [0.4, 0.5) is 0 Å². The van der Waals surface area contributed by atoms with Gasteiger partial charge in [-0.3, -0.25) is 4.68 Å². The van der Waals surface area contributed by atoms with E-state index in [1.807, 2.05) is 6.20 Å². The molecule has 0 unspecified atom stereocenters. The Labute approximate surface area is 81.0 Å². The molecule has 0 aromatic carbocycles. The number of aromatic nitrogens is 2. The molecule has 0 aliphatic heterocycles. The molecule has 0 aliphatic carbocycles. The molecule has 74 valence electrons. The molecule has 0 fully saturated rings. The zero-order valence-electron chi connectivity index (χ0n) is 9.17. The normalized spacial score (nSPS) is 12.0. The van der Waals surface area contributed by atoms with Gasteiger partial charge in [0.05, 0.1) is 0 Å². The maximum Gasteiger partial charge on any atom is 0.0492 e. The fraction of sp³-hybridized carbons (Fsp3) is 0.727. The van der Waals surface area contributed by atoms with Gasteiger partial charge in [-0.05, 0) is 31.2 Å². The summed E-state index contributed by atoms with van der Waals surface area (Å²) in [6.45, 7) is 9.94. The summed E-state index contributed by atoms with van der Waals surface area (Å²) in [5.41, 5.74) is 1.78. The fourth-order valence-corrected chi connectivity index (χ4v) is 1.36. The van der Waals surface area contributed by atoms with Crippen LogP contribution in [0.3, 0.4) is 0 Å². The van der Waals surface area contributed by atoms with E-state index >= 15 is 0 Å². The molecule has 2 nitrogen and oxygen atoms in total. The third-order valence-corrected chi connectivity index (χ3v) is 2.24. The Morgan fingerprint density at radius 2 is 2.08 bits per heavy atom. The van der Waals surface area contributed by atoms with Crippen molar-refractivity contribution in [3.05, 3.63) is 18.0 Å². The molecule has 0 amide bonds. The number of hydrogen-bond donors (Lipinski definition) is 0. The largest absolute Gasteiger partial charge is 0.270 e. The molecule has 1 heterocycles.